The maximum absolute atomic E-state index is 12.5. The summed E-state index contributed by atoms with van der Waals surface area (Å²) in [5.41, 5.74) is -0.812. The van der Waals surface area contributed by atoms with Crippen molar-refractivity contribution in [2.24, 2.45) is 0 Å². The number of hydrogen-bond donors (Lipinski definition) is 1. The molecule has 0 aliphatic carbocycles. The summed E-state index contributed by atoms with van der Waals surface area (Å²) in [5, 5.41) is 10.1. The standard InChI is InChI=1S/C15H17F3N2O5/c1-19(24-2)13(21)12-7-11(8-20(12)14(22)23)25-10-5-3-9(4-6-10)15(16,17)18/h3-6,11-12H,7-8H2,1-2H3,(H,22,23)/t11-,12+/m1/s1. The molecule has 0 aromatic heterocycles. The molecule has 1 aliphatic heterocycles. The topological polar surface area (TPSA) is 79.3 Å². The highest BCUT2D eigenvalue weighted by atomic mass is 19.4. The second-order valence-electron chi connectivity index (χ2n) is 5.47. The molecule has 7 nitrogen and oxygen atoms in total. The van der Waals surface area contributed by atoms with Gasteiger partial charge in [-0.25, -0.2) is 9.86 Å². The van der Waals surface area contributed by atoms with Gasteiger partial charge < -0.3 is 9.84 Å². The van der Waals surface area contributed by atoms with Crippen LogP contribution >= 0.6 is 0 Å². The summed E-state index contributed by atoms with van der Waals surface area (Å²) in [5.74, 6) is -0.389. The first-order valence-electron chi connectivity index (χ1n) is 7.28. The fourth-order valence-electron chi connectivity index (χ4n) is 2.54. The summed E-state index contributed by atoms with van der Waals surface area (Å²) < 4.78 is 43.2. The number of carbonyl (C=O) groups is 2. The molecule has 1 aromatic carbocycles. The Labute approximate surface area is 141 Å². The van der Waals surface area contributed by atoms with Gasteiger partial charge in [0, 0.05) is 13.5 Å². The van der Waals surface area contributed by atoms with Gasteiger partial charge in [0.25, 0.3) is 5.91 Å². The van der Waals surface area contributed by atoms with E-state index in [-0.39, 0.29) is 18.7 Å². The van der Waals surface area contributed by atoms with Crippen molar-refractivity contribution < 1.29 is 37.4 Å². The maximum atomic E-state index is 12.5. The Morgan fingerprint density at radius 1 is 1.28 bits per heavy atom. The van der Waals surface area contributed by atoms with Crippen molar-refractivity contribution in [3.05, 3.63) is 29.8 Å². The smallest absolute Gasteiger partial charge is 0.416 e. The average Bonchev–Trinajstić information content (AvgIpc) is 2.97. The van der Waals surface area contributed by atoms with Crippen LogP contribution in [0.4, 0.5) is 18.0 Å². The lowest BCUT2D eigenvalue weighted by Crippen LogP contribution is -2.45. The number of likely N-dealkylation sites (N-methyl/N-ethyl adjacent to an activating group) is 1. The van der Waals surface area contributed by atoms with Crippen LogP contribution in [0.1, 0.15) is 12.0 Å². The van der Waals surface area contributed by atoms with E-state index in [0.29, 0.717) is 0 Å². The van der Waals surface area contributed by atoms with Gasteiger partial charge in [0.05, 0.1) is 19.2 Å². The van der Waals surface area contributed by atoms with E-state index in [2.05, 4.69) is 0 Å². The zero-order valence-electron chi connectivity index (χ0n) is 13.5. The van der Waals surface area contributed by atoms with E-state index in [9.17, 15) is 27.9 Å². The number of halogens is 3. The van der Waals surface area contributed by atoms with Gasteiger partial charge in [0.1, 0.15) is 17.9 Å². The summed E-state index contributed by atoms with van der Waals surface area (Å²) in [6, 6.07) is 3.08. The Kier molecular flexibility index (Phi) is 5.41. The normalized spacial score (nSPS) is 20.4. The second-order valence-corrected chi connectivity index (χ2v) is 5.47. The summed E-state index contributed by atoms with van der Waals surface area (Å²) in [6.07, 6.45) is -6.33. The van der Waals surface area contributed by atoms with Gasteiger partial charge in [0.15, 0.2) is 0 Å². The van der Waals surface area contributed by atoms with Crippen molar-refractivity contribution >= 4 is 12.0 Å². The molecule has 0 saturated carbocycles. The first-order valence-corrected chi connectivity index (χ1v) is 7.28. The number of ether oxygens (including phenoxy) is 1. The van der Waals surface area contributed by atoms with Crippen LogP contribution in [-0.4, -0.2) is 59.9 Å². The van der Waals surface area contributed by atoms with Gasteiger partial charge in [-0.15, -0.1) is 0 Å². The Morgan fingerprint density at radius 3 is 2.36 bits per heavy atom. The zero-order valence-corrected chi connectivity index (χ0v) is 13.5. The molecule has 1 heterocycles. The molecule has 0 unspecified atom stereocenters. The van der Waals surface area contributed by atoms with Crippen LogP contribution in [-0.2, 0) is 15.8 Å². The number of hydrogen-bond acceptors (Lipinski definition) is 4. The van der Waals surface area contributed by atoms with Gasteiger partial charge >= 0.3 is 12.3 Å². The first-order chi connectivity index (χ1) is 11.6. The minimum atomic E-state index is -4.45. The number of hydroxylamine groups is 2. The van der Waals surface area contributed by atoms with Crippen LogP contribution in [0.3, 0.4) is 0 Å². The SMILES string of the molecule is CON(C)C(=O)[C@@H]1C[C@@H](Oc2ccc(C(F)(F)F)cc2)CN1C(=O)O. The number of likely N-dealkylation sites (tertiary alicyclic amines) is 1. The highest BCUT2D eigenvalue weighted by Crippen LogP contribution is 2.31. The molecule has 1 fully saturated rings. The second kappa shape index (κ2) is 7.18. The Bertz CT molecular complexity index is 635. The fraction of sp³-hybridized carbons (Fsp3) is 0.467. The molecule has 10 heteroatoms. The first kappa shape index (κ1) is 18.8. The van der Waals surface area contributed by atoms with Crippen LogP contribution in [0.5, 0.6) is 5.75 Å². The van der Waals surface area contributed by atoms with E-state index in [1.54, 1.807) is 0 Å². The van der Waals surface area contributed by atoms with Gasteiger partial charge in [-0.1, -0.05) is 0 Å². The third-order valence-electron chi connectivity index (χ3n) is 3.86. The summed E-state index contributed by atoms with van der Waals surface area (Å²) in [4.78, 5) is 29.2. The quantitative estimate of drug-likeness (QED) is 0.831. The molecule has 1 aromatic rings. The highest BCUT2D eigenvalue weighted by Gasteiger charge is 2.42. The maximum Gasteiger partial charge on any atom is 0.416 e. The van der Waals surface area contributed by atoms with Crippen molar-refractivity contribution in [2.45, 2.75) is 24.7 Å². The number of benzene rings is 1. The van der Waals surface area contributed by atoms with Gasteiger partial charge in [-0.05, 0) is 24.3 Å². The predicted octanol–water partition coefficient (Wildman–Crippen LogP) is 2.22. The van der Waals surface area contributed by atoms with Crippen molar-refractivity contribution in [2.75, 3.05) is 20.7 Å². The average molecular weight is 362 g/mol. The molecule has 2 amide bonds. The molecule has 2 rings (SSSR count). The van der Waals surface area contributed by atoms with E-state index >= 15 is 0 Å². The van der Waals surface area contributed by atoms with Crippen LogP contribution < -0.4 is 4.74 Å². The summed E-state index contributed by atoms with van der Waals surface area (Å²) >= 11 is 0. The number of carbonyl (C=O) groups excluding carboxylic acids is 1. The molecule has 1 N–H and O–H groups in total. The van der Waals surface area contributed by atoms with E-state index in [1.165, 1.54) is 14.2 Å². The molecular formula is C15H17F3N2O5. The lowest BCUT2D eigenvalue weighted by atomic mass is 10.1. The molecule has 0 radical (unpaired) electrons. The monoisotopic (exact) mass is 362 g/mol. The lowest BCUT2D eigenvalue weighted by Gasteiger charge is -2.23. The van der Waals surface area contributed by atoms with Crippen molar-refractivity contribution in [3.63, 3.8) is 0 Å². The van der Waals surface area contributed by atoms with E-state index < -0.39 is 35.9 Å². The van der Waals surface area contributed by atoms with Crippen molar-refractivity contribution in [3.8, 4) is 5.75 Å². The van der Waals surface area contributed by atoms with Gasteiger partial charge in [0.2, 0.25) is 0 Å². The summed E-state index contributed by atoms with van der Waals surface area (Å²) in [7, 11) is 2.63. The number of alkyl halides is 3. The fourth-order valence-corrected chi connectivity index (χ4v) is 2.54. The third-order valence-corrected chi connectivity index (χ3v) is 3.86. The molecular weight excluding hydrogens is 345 g/mol. The number of amides is 2. The van der Waals surface area contributed by atoms with E-state index in [4.69, 9.17) is 9.57 Å². The number of carboxylic acid groups (broad SMARTS) is 1. The van der Waals surface area contributed by atoms with Gasteiger partial charge in [-0.3, -0.25) is 14.5 Å². The molecule has 0 spiro atoms. The Balaban J connectivity index is 2.08. The third kappa shape index (κ3) is 4.32. The van der Waals surface area contributed by atoms with Crippen LogP contribution in [0.2, 0.25) is 0 Å². The van der Waals surface area contributed by atoms with Gasteiger partial charge in [-0.2, -0.15) is 13.2 Å². The molecule has 2 atom stereocenters. The zero-order chi connectivity index (χ0) is 18.8. The molecule has 1 aliphatic rings. The molecule has 1 saturated heterocycles. The highest BCUT2D eigenvalue weighted by molar-refractivity contribution is 5.85. The lowest BCUT2D eigenvalue weighted by molar-refractivity contribution is -0.173. The molecule has 138 valence electrons. The Hall–Kier alpha value is -2.49. The van der Waals surface area contributed by atoms with Crippen molar-refractivity contribution in [1.29, 1.82) is 0 Å². The van der Waals surface area contributed by atoms with Crippen LogP contribution in [0.15, 0.2) is 24.3 Å². The Morgan fingerprint density at radius 2 is 1.88 bits per heavy atom. The minimum Gasteiger partial charge on any atom is -0.488 e. The van der Waals surface area contributed by atoms with Crippen LogP contribution in [0, 0.1) is 0 Å². The number of nitrogens with zero attached hydrogens (tertiary/aromatic N) is 2. The van der Waals surface area contributed by atoms with Crippen molar-refractivity contribution in [1.82, 2.24) is 9.96 Å². The summed E-state index contributed by atoms with van der Waals surface area (Å²) in [6.45, 7) is -0.0791. The predicted molar refractivity (Wildman–Crippen MR) is 78.8 cm³/mol. The van der Waals surface area contributed by atoms with E-state index in [0.717, 1.165) is 34.2 Å². The number of rotatable bonds is 4. The minimum absolute atomic E-state index is 0.0693. The van der Waals surface area contributed by atoms with E-state index in [1.807, 2.05) is 0 Å². The largest absolute Gasteiger partial charge is 0.488 e. The molecule has 25 heavy (non-hydrogen) atoms. The molecule has 0 bridgehead atoms. The van der Waals surface area contributed by atoms with Crippen LogP contribution in [0.25, 0.3) is 0 Å².